The second-order valence-corrected chi connectivity index (χ2v) is 16.2. The number of fused-ring (bicyclic) bond motifs is 2. The van der Waals surface area contributed by atoms with E-state index in [-0.39, 0.29) is 29.4 Å². The molecule has 1 N–H and O–H groups in total. The maximum Gasteiger partial charge on any atom is 0.270 e. The molecule has 0 bridgehead atoms. The molecule has 7 heterocycles. The lowest BCUT2D eigenvalue weighted by atomic mass is 9.96. The standard InChI is InChI=1S/C42H48N10O6/c53-38-6-5-36(40(54)45-38)51-41(55)33-4-3-31(24-35(33)42(51)56)49-19-17-48(18-20-49)27-28-8-11-46(12-9-28)13-14-47-15-21-50(22-16-47)37-23-29(7-10-43-37)39-34-25-32(52(57)58)2-1-30(34)26-44-39/h1-4,7,10,23-25,28,36H,5-6,8-9,11-22,26-27H2,(H,45,53,54). The van der Waals surface area contributed by atoms with E-state index >= 15 is 0 Å². The zero-order chi connectivity index (χ0) is 39.9. The summed E-state index contributed by atoms with van der Waals surface area (Å²) >= 11 is 0. The summed E-state index contributed by atoms with van der Waals surface area (Å²) < 4.78 is 0. The summed E-state index contributed by atoms with van der Waals surface area (Å²) in [7, 11) is 0. The van der Waals surface area contributed by atoms with Gasteiger partial charge in [0, 0.05) is 114 Å². The Kier molecular flexibility index (Phi) is 10.5. The minimum absolute atomic E-state index is 0.0785. The Hall–Kier alpha value is -5.58. The number of nitrogens with one attached hydrogen (secondary N) is 1. The number of piperazine rings is 2. The summed E-state index contributed by atoms with van der Waals surface area (Å²) in [5, 5.41) is 13.6. The summed E-state index contributed by atoms with van der Waals surface area (Å²) in [5.74, 6) is -0.338. The Labute approximate surface area is 336 Å². The second kappa shape index (κ2) is 16.0. The number of nitro groups is 1. The highest BCUT2D eigenvalue weighted by atomic mass is 16.6. The molecule has 2 aromatic carbocycles. The van der Waals surface area contributed by atoms with E-state index in [1.54, 1.807) is 30.3 Å². The first-order valence-electron chi connectivity index (χ1n) is 20.5. The lowest BCUT2D eigenvalue weighted by Crippen LogP contribution is -2.54. The number of non-ortho nitro benzene ring substituents is 1. The van der Waals surface area contributed by atoms with Crippen molar-refractivity contribution in [3.05, 3.63) is 92.7 Å². The number of aliphatic imine (C=N–C) groups is 1. The molecule has 0 radical (unpaired) electrons. The Bertz CT molecular complexity index is 2170. The van der Waals surface area contributed by atoms with Gasteiger partial charge in [-0.15, -0.1) is 0 Å². The van der Waals surface area contributed by atoms with Gasteiger partial charge in [-0.05, 0) is 80.2 Å². The van der Waals surface area contributed by atoms with E-state index in [0.29, 0.717) is 23.6 Å². The number of carbonyl (C=O) groups is 4. The zero-order valence-electron chi connectivity index (χ0n) is 32.6. The number of aromatic nitrogens is 1. The molecule has 58 heavy (non-hydrogen) atoms. The number of amides is 4. The fourth-order valence-electron chi connectivity index (χ4n) is 9.36. The average molecular weight is 789 g/mol. The third-order valence-corrected chi connectivity index (χ3v) is 12.8. The lowest BCUT2D eigenvalue weighted by molar-refractivity contribution is -0.384. The minimum atomic E-state index is -0.961. The van der Waals surface area contributed by atoms with Gasteiger partial charge >= 0.3 is 0 Å². The number of carbonyl (C=O) groups excluding carboxylic acids is 4. The summed E-state index contributed by atoms with van der Waals surface area (Å²) in [4.78, 5) is 84.2. The number of imide groups is 2. The topological polar surface area (TPSA) is 168 Å². The normalized spacial score (nSPS) is 22.3. The van der Waals surface area contributed by atoms with Crippen molar-refractivity contribution in [1.29, 1.82) is 0 Å². The number of nitrogens with zero attached hydrogens (tertiary/aromatic N) is 9. The summed E-state index contributed by atoms with van der Waals surface area (Å²) in [5.41, 5.74) is 5.18. The van der Waals surface area contributed by atoms with Crippen LogP contribution in [0.25, 0.3) is 0 Å². The second-order valence-electron chi connectivity index (χ2n) is 16.2. The van der Waals surface area contributed by atoms with E-state index in [9.17, 15) is 29.3 Å². The number of likely N-dealkylation sites (tertiary alicyclic amines) is 1. The van der Waals surface area contributed by atoms with E-state index in [1.807, 2.05) is 18.3 Å². The Morgan fingerprint density at radius 1 is 0.724 bits per heavy atom. The molecule has 6 aliphatic rings. The van der Waals surface area contributed by atoms with Crippen molar-refractivity contribution in [2.24, 2.45) is 10.9 Å². The highest BCUT2D eigenvalue weighted by Gasteiger charge is 2.45. The SMILES string of the molecule is O=C1CCC(N2C(=O)c3ccc(N4CCN(CC5CCN(CCN6CCN(c7cc(C8=NCc9ccc([N+](=O)[O-])cc98)ccn7)CC6)CC5)CC4)cc3C2=O)C(=O)N1. The molecule has 16 heteroatoms. The highest BCUT2D eigenvalue weighted by molar-refractivity contribution is 6.23. The zero-order valence-corrected chi connectivity index (χ0v) is 32.6. The van der Waals surface area contributed by atoms with Crippen molar-refractivity contribution in [2.45, 2.75) is 38.3 Å². The van der Waals surface area contributed by atoms with E-state index in [4.69, 9.17) is 4.99 Å². The van der Waals surface area contributed by atoms with Crippen LogP contribution >= 0.6 is 0 Å². The van der Waals surface area contributed by atoms with E-state index in [0.717, 1.165) is 124 Å². The molecule has 16 nitrogen and oxygen atoms in total. The molecule has 6 aliphatic heterocycles. The average Bonchev–Trinajstić information content (AvgIpc) is 3.78. The first-order chi connectivity index (χ1) is 28.2. The first kappa shape index (κ1) is 38.0. The van der Waals surface area contributed by atoms with E-state index in [1.165, 1.54) is 12.8 Å². The van der Waals surface area contributed by atoms with Gasteiger partial charge in [-0.25, -0.2) is 4.98 Å². The quantitative estimate of drug-likeness (QED) is 0.181. The molecule has 1 aromatic heterocycles. The van der Waals surface area contributed by atoms with Crippen LogP contribution in [0.1, 0.15) is 63.1 Å². The molecule has 4 saturated heterocycles. The van der Waals surface area contributed by atoms with Crippen LogP contribution in [-0.2, 0) is 16.1 Å². The maximum absolute atomic E-state index is 13.3. The molecule has 9 rings (SSSR count). The molecule has 0 spiro atoms. The largest absolute Gasteiger partial charge is 0.369 e. The highest BCUT2D eigenvalue weighted by Crippen LogP contribution is 2.32. The van der Waals surface area contributed by atoms with Gasteiger partial charge in [-0.1, -0.05) is 0 Å². The smallest absolute Gasteiger partial charge is 0.270 e. The van der Waals surface area contributed by atoms with Crippen LogP contribution in [-0.4, -0.2) is 150 Å². The fraction of sp³-hybridized carbons (Fsp3) is 0.476. The van der Waals surface area contributed by atoms with Crippen LogP contribution in [0.4, 0.5) is 17.2 Å². The Morgan fingerprint density at radius 2 is 1.43 bits per heavy atom. The molecule has 3 aromatic rings. The minimum Gasteiger partial charge on any atom is -0.369 e. The van der Waals surface area contributed by atoms with Gasteiger partial charge in [-0.2, -0.15) is 0 Å². The van der Waals surface area contributed by atoms with E-state index in [2.05, 4.69) is 40.9 Å². The van der Waals surface area contributed by atoms with Crippen LogP contribution in [0, 0.1) is 16.0 Å². The van der Waals surface area contributed by atoms with Gasteiger partial charge in [0.2, 0.25) is 11.8 Å². The Morgan fingerprint density at radius 3 is 2.17 bits per heavy atom. The third-order valence-electron chi connectivity index (χ3n) is 12.8. The molecule has 1 unspecified atom stereocenters. The van der Waals surface area contributed by atoms with Crippen molar-refractivity contribution in [3.63, 3.8) is 0 Å². The number of rotatable bonds is 10. The first-order valence-corrected chi connectivity index (χ1v) is 20.5. The number of pyridine rings is 1. The summed E-state index contributed by atoms with van der Waals surface area (Å²) in [6, 6.07) is 13.4. The van der Waals surface area contributed by atoms with Gasteiger partial charge in [0.05, 0.1) is 28.3 Å². The van der Waals surface area contributed by atoms with Crippen molar-refractivity contribution in [1.82, 2.24) is 29.9 Å². The molecule has 4 fully saturated rings. The van der Waals surface area contributed by atoms with Gasteiger partial charge in [0.15, 0.2) is 0 Å². The molecule has 4 amide bonds. The van der Waals surface area contributed by atoms with Crippen molar-refractivity contribution in [3.8, 4) is 0 Å². The van der Waals surface area contributed by atoms with Crippen LogP contribution in [0.2, 0.25) is 0 Å². The molecule has 302 valence electrons. The summed E-state index contributed by atoms with van der Waals surface area (Å²) in [6.45, 7) is 13.3. The third kappa shape index (κ3) is 7.58. The van der Waals surface area contributed by atoms with Crippen LogP contribution in [0.3, 0.4) is 0 Å². The van der Waals surface area contributed by atoms with Crippen LogP contribution in [0.5, 0.6) is 0 Å². The van der Waals surface area contributed by atoms with Gasteiger partial charge < -0.3 is 14.7 Å². The maximum atomic E-state index is 13.3. The number of benzene rings is 2. The van der Waals surface area contributed by atoms with Crippen molar-refractivity contribution in [2.75, 3.05) is 94.9 Å². The van der Waals surface area contributed by atoms with Crippen molar-refractivity contribution < 1.29 is 24.1 Å². The van der Waals surface area contributed by atoms with Gasteiger partial charge in [0.1, 0.15) is 11.9 Å². The Balaban J connectivity index is 0.692. The molecule has 0 saturated carbocycles. The molecular formula is C42H48N10O6. The van der Waals surface area contributed by atoms with Gasteiger partial charge in [0.25, 0.3) is 17.5 Å². The summed E-state index contributed by atoms with van der Waals surface area (Å²) in [6.07, 6.45) is 4.45. The predicted octanol–water partition coefficient (Wildman–Crippen LogP) is 2.40. The number of nitro benzene ring substituents is 1. The lowest BCUT2D eigenvalue weighted by Gasteiger charge is -2.40. The number of hydrogen-bond acceptors (Lipinski definition) is 13. The predicted molar refractivity (Wildman–Crippen MR) is 216 cm³/mol. The van der Waals surface area contributed by atoms with Gasteiger partial charge in [-0.3, -0.25) is 54.3 Å². The van der Waals surface area contributed by atoms with Crippen molar-refractivity contribution >= 4 is 46.5 Å². The molecule has 1 atom stereocenters. The monoisotopic (exact) mass is 788 g/mol. The molecule has 0 aliphatic carbocycles. The van der Waals surface area contributed by atoms with E-state index < -0.39 is 23.8 Å². The fourth-order valence-corrected chi connectivity index (χ4v) is 9.36. The number of anilines is 2. The van der Waals surface area contributed by atoms with Crippen LogP contribution < -0.4 is 15.1 Å². The number of hydrogen-bond donors (Lipinski definition) is 1. The number of piperidine rings is 2. The molecular weight excluding hydrogens is 741 g/mol. The van der Waals surface area contributed by atoms with Crippen LogP contribution in [0.15, 0.2) is 59.7 Å².